The number of carbonyl (C=O) groups is 2. The summed E-state index contributed by atoms with van der Waals surface area (Å²) in [5, 5.41) is 15.4. The number of carbonyl (C=O) groups excluding carboxylic acids is 2. The Labute approximate surface area is 109 Å². The Morgan fingerprint density at radius 1 is 0.789 bits per heavy atom. The van der Waals surface area contributed by atoms with Crippen molar-refractivity contribution < 1.29 is 29.4 Å². The summed E-state index contributed by atoms with van der Waals surface area (Å²) in [5.74, 6) is -2.62. The first kappa shape index (κ1) is 19.0. The smallest absolute Gasteiger partial charge is 0.314 e. The number of hydrogen-bond acceptors (Lipinski definition) is 6. The van der Waals surface area contributed by atoms with E-state index in [2.05, 4.69) is 9.98 Å². The van der Waals surface area contributed by atoms with Crippen molar-refractivity contribution in [3.05, 3.63) is 0 Å². The van der Waals surface area contributed by atoms with E-state index in [-0.39, 0.29) is 0 Å². The van der Waals surface area contributed by atoms with Gasteiger partial charge in [-0.3, -0.25) is 9.59 Å². The molecular formula is C11H16N2O6. The van der Waals surface area contributed by atoms with E-state index in [1.54, 1.807) is 0 Å². The molecule has 0 rings (SSSR count). The summed E-state index contributed by atoms with van der Waals surface area (Å²) in [6, 6.07) is 0. The predicted molar refractivity (Wildman–Crippen MR) is 64.3 cm³/mol. The van der Waals surface area contributed by atoms with Gasteiger partial charge in [0.25, 0.3) is 0 Å². The lowest BCUT2D eigenvalue weighted by Gasteiger charge is -1.93. The third-order valence-corrected chi connectivity index (χ3v) is 1.72. The topological polar surface area (TPSA) is 133 Å². The third kappa shape index (κ3) is 25.7. The highest BCUT2D eigenvalue weighted by Crippen LogP contribution is 1.99. The summed E-state index contributed by atoms with van der Waals surface area (Å²) in [7, 11) is 0. The first-order valence-electron chi connectivity index (χ1n) is 5.55. The Morgan fingerprint density at radius 3 is 1.37 bits per heavy atom. The van der Waals surface area contributed by atoms with E-state index >= 15 is 0 Å². The first-order chi connectivity index (χ1) is 9.04. The van der Waals surface area contributed by atoms with Gasteiger partial charge in [-0.25, -0.2) is 19.6 Å². The van der Waals surface area contributed by atoms with Crippen LogP contribution in [0.4, 0.5) is 0 Å². The van der Waals surface area contributed by atoms with Gasteiger partial charge in [-0.05, 0) is 12.8 Å². The number of unbranched alkanes of at least 4 members (excludes halogenated alkanes) is 3. The van der Waals surface area contributed by atoms with Crippen LogP contribution < -0.4 is 0 Å². The molecule has 0 aromatic carbocycles. The van der Waals surface area contributed by atoms with Crippen molar-refractivity contribution in [3.63, 3.8) is 0 Å². The second-order valence-corrected chi connectivity index (χ2v) is 3.32. The zero-order chi connectivity index (χ0) is 14.9. The Bertz CT molecular complexity index is 322. The standard InChI is InChI=1S/C8H12N2O2.C3H4O4/c11-7-9-5-3-1-2-4-6-10-8-12;4-2(5)1-3(6)7/h1-6H2;1H2,(H,4,5)(H,6,7). The van der Waals surface area contributed by atoms with Crippen LogP contribution >= 0.6 is 0 Å². The molecule has 0 aliphatic carbocycles. The predicted octanol–water partition coefficient (Wildman–Crippen LogP) is 0.764. The molecule has 0 fully saturated rings. The van der Waals surface area contributed by atoms with E-state index in [1.165, 1.54) is 12.2 Å². The molecule has 0 amide bonds. The van der Waals surface area contributed by atoms with Gasteiger partial charge in [0.15, 0.2) is 0 Å². The van der Waals surface area contributed by atoms with Gasteiger partial charge < -0.3 is 10.2 Å². The Morgan fingerprint density at radius 2 is 1.16 bits per heavy atom. The van der Waals surface area contributed by atoms with Gasteiger partial charge in [0.05, 0.1) is 13.1 Å². The van der Waals surface area contributed by atoms with Crippen molar-refractivity contribution in [2.24, 2.45) is 9.98 Å². The highest BCUT2D eigenvalue weighted by atomic mass is 16.4. The van der Waals surface area contributed by atoms with Crippen molar-refractivity contribution in [2.75, 3.05) is 13.1 Å². The van der Waals surface area contributed by atoms with Crippen LogP contribution in [0.5, 0.6) is 0 Å². The second kappa shape index (κ2) is 15.7. The van der Waals surface area contributed by atoms with E-state index in [0.717, 1.165) is 25.7 Å². The molecule has 0 unspecified atom stereocenters. The van der Waals surface area contributed by atoms with Gasteiger partial charge >= 0.3 is 11.9 Å². The van der Waals surface area contributed by atoms with E-state index in [0.29, 0.717) is 13.1 Å². The zero-order valence-electron chi connectivity index (χ0n) is 10.4. The van der Waals surface area contributed by atoms with Crippen molar-refractivity contribution >= 4 is 24.1 Å². The number of hydrogen-bond donors (Lipinski definition) is 2. The Balaban J connectivity index is 0. The van der Waals surface area contributed by atoms with E-state index in [4.69, 9.17) is 10.2 Å². The van der Waals surface area contributed by atoms with Crippen LogP contribution in [0.3, 0.4) is 0 Å². The molecule has 0 aliphatic heterocycles. The van der Waals surface area contributed by atoms with Crippen LogP contribution in [-0.2, 0) is 19.2 Å². The molecule has 2 N–H and O–H groups in total. The first-order valence-corrected chi connectivity index (χ1v) is 5.55. The number of carboxylic acid groups (broad SMARTS) is 2. The summed E-state index contributed by atoms with van der Waals surface area (Å²) in [4.78, 5) is 44.9. The average Bonchev–Trinajstić information content (AvgIpc) is 2.32. The fourth-order valence-corrected chi connectivity index (χ4v) is 0.956. The Kier molecular flexibility index (Phi) is 15.7. The number of rotatable bonds is 9. The molecule has 0 radical (unpaired) electrons. The van der Waals surface area contributed by atoms with Gasteiger partial charge in [-0.2, -0.15) is 0 Å². The molecule has 0 saturated carbocycles. The van der Waals surface area contributed by atoms with Crippen LogP contribution in [0.15, 0.2) is 9.98 Å². The van der Waals surface area contributed by atoms with E-state index in [9.17, 15) is 19.2 Å². The largest absolute Gasteiger partial charge is 0.481 e. The van der Waals surface area contributed by atoms with Crippen molar-refractivity contribution in [3.8, 4) is 0 Å². The average molecular weight is 272 g/mol. The molecule has 8 nitrogen and oxygen atoms in total. The number of carboxylic acids is 2. The molecule has 0 aromatic heterocycles. The highest BCUT2D eigenvalue weighted by Gasteiger charge is 2.01. The van der Waals surface area contributed by atoms with Gasteiger partial charge in [-0.1, -0.05) is 12.8 Å². The number of aliphatic carboxylic acids is 2. The highest BCUT2D eigenvalue weighted by molar-refractivity contribution is 5.88. The van der Waals surface area contributed by atoms with Gasteiger partial charge in [0.2, 0.25) is 12.2 Å². The molecule has 8 heteroatoms. The molecule has 0 aromatic rings. The summed E-state index contributed by atoms with van der Waals surface area (Å²) >= 11 is 0. The third-order valence-electron chi connectivity index (χ3n) is 1.72. The summed E-state index contributed by atoms with van der Waals surface area (Å²) in [6.07, 6.45) is 6.00. The SMILES string of the molecule is O=C(O)CC(=O)O.O=C=NCCCCCCN=C=O. The lowest BCUT2D eigenvalue weighted by molar-refractivity contribution is -0.147. The number of nitrogens with zero attached hydrogens (tertiary/aromatic N) is 2. The van der Waals surface area contributed by atoms with Crippen LogP contribution in [-0.4, -0.2) is 47.4 Å². The minimum Gasteiger partial charge on any atom is -0.481 e. The maximum atomic E-state index is 9.63. The zero-order valence-corrected chi connectivity index (χ0v) is 10.4. The minimum absolute atomic E-state index is 0.556. The van der Waals surface area contributed by atoms with Crippen LogP contribution in [0, 0.1) is 0 Å². The number of aliphatic imine (C=N–C) groups is 2. The molecule has 106 valence electrons. The lowest BCUT2D eigenvalue weighted by atomic mass is 10.2. The van der Waals surface area contributed by atoms with E-state index in [1.807, 2.05) is 0 Å². The molecular weight excluding hydrogens is 256 g/mol. The fraction of sp³-hybridized carbons (Fsp3) is 0.636. The summed E-state index contributed by atoms with van der Waals surface area (Å²) < 4.78 is 0. The molecule has 19 heavy (non-hydrogen) atoms. The van der Waals surface area contributed by atoms with Crippen molar-refractivity contribution in [2.45, 2.75) is 32.1 Å². The van der Waals surface area contributed by atoms with Crippen LogP contribution in [0.1, 0.15) is 32.1 Å². The Hall–Kier alpha value is -2.30. The molecule has 0 saturated heterocycles. The van der Waals surface area contributed by atoms with E-state index < -0.39 is 18.4 Å². The molecule has 0 heterocycles. The molecule has 0 aliphatic rings. The van der Waals surface area contributed by atoms with Gasteiger partial charge in [-0.15, -0.1) is 0 Å². The molecule has 0 bridgehead atoms. The molecule has 0 atom stereocenters. The van der Waals surface area contributed by atoms with Gasteiger partial charge in [0.1, 0.15) is 6.42 Å². The molecule has 0 spiro atoms. The van der Waals surface area contributed by atoms with Crippen molar-refractivity contribution in [1.29, 1.82) is 0 Å². The fourth-order valence-electron chi connectivity index (χ4n) is 0.956. The van der Waals surface area contributed by atoms with Crippen molar-refractivity contribution in [1.82, 2.24) is 0 Å². The maximum absolute atomic E-state index is 9.63. The van der Waals surface area contributed by atoms with Gasteiger partial charge in [0, 0.05) is 0 Å². The number of isocyanates is 2. The summed E-state index contributed by atoms with van der Waals surface area (Å²) in [6.45, 7) is 1.11. The van der Waals surface area contributed by atoms with Crippen LogP contribution in [0.25, 0.3) is 0 Å². The lowest BCUT2D eigenvalue weighted by Crippen LogP contribution is -2.03. The van der Waals surface area contributed by atoms with Crippen LogP contribution in [0.2, 0.25) is 0 Å². The summed E-state index contributed by atoms with van der Waals surface area (Å²) in [5.41, 5.74) is 0. The second-order valence-electron chi connectivity index (χ2n) is 3.32. The maximum Gasteiger partial charge on any atom is 0.314 e. The quantitative estimate of drug-likeness (QED) is 0.275. The normalized spacial score (nSPS) is 8.21. The minimum atomic E-state index is -1.31. The monoisotopic (exact) mass is 272 g/mol.